The van der Waals surface area contributed by atoms with Crippen LogP contribution in [0.25, 0.3) is 0 Å². The van der Waals surface area contributed by atoms with E-state index in [4.69, 9.17) is 4.74 Å². The highest BCUT2D eigenvalue weighted by Gasteiger charge is 2.14. The van der Waals surface area contributed by atoms with Gasteiger partial charge in [0.2, 0.25) is 0 Å². The average Bonchev–Trinajstić information content (AvgIpc) is 2.83. The summed E-state index contributed by atoms with van der Waals surface area (Å²) in [6.07, 6.45) is 0.972. The Morgan fingerprint density at radius 1 is 1.28 bits per heavy atom. The minimum atomic E-state index is 0.341. The van der Waals surface area contributed by atoms with Crippen molar-refractivity contribution in [1.29, 1.82) is 0 Å². The quantitative estimate of drug-likeness (QED) is 0.896. The minimum absolute atomic E-state index is 0.341. The van der Waals surface area contributed by atoms with Gasteiger partial charge in [-0.05, 0) is 58.5 Å². The van der Waals surface area contributed by atoms with Gasteiger partial charge < -0.3 is 10.1 Å². The molecular formula is C14H16BrNOS. The summed E-state index contributed by atoms with van der Waals surface area (Å²) in [6.45, 7) is 0. The molecule has 2 rings (SSSR count). The molecule has 1 unspecified atom stereocenters. The number of likely N-dealkylation sites (N-methyl/N-ethyl adjacent to an activating group) is 1. The van der Waals surface area contributed by atoms with Crippen LogP contribution in [0.3, 0.4) is 0 Å². The highest BCUT2D eigenvalue weighted by molar-refractivity contribution is 9.10. The topological polar surface area (TPSA) is 21.3 Å². The number of hydrogen-bond acceptors (Lipinski definition) is 3. The molecule has 1 aromatic carbocycles. The maximum absolute atomic E-state index is 5.17. The van der Waals surface area contributed by atoms with Crippen molar-refractivity contribution in [1.82, 2.24) is 5.32 Å². The summed E-state index contributed by atoms with van der Waals surface area (Å²) in [5.41, 5.74) is 1.30. The van der Waals surface area contributed by atoms with Crippen LogP contribution in [0.5, 0.6) is 5.75 Å². The molecule has 0 aliphatic rings. The fourth-order valence-electron chi connectivity index (χ4n) is 1.88. The van der Waals surface area contributed by atoms with Gasteiger partial charge in [0.15, 0.2) is 0 Å². The van der Waals surface area contributed by atoms with Gasteiger partial charge in [0, 0.05) is 15.4 Å². The molecule has 0 saturated heterocycles. The lowest BCUT2D eigenvalue weighted by molar-refractivity contribution is 0.414. The van der Waals surface area contributed by atoms with Crippen LogP contribution in [0.1, 0.15) is 16.5 Å². The van der Waals surface area contributed by atoms with E-state index < -0.39 is 0 Å². The molecule has 0 bridgehead atoms. The van der Waals surface area contributed by atoms with E-state index >= 15 is 0 Å². The largest absolute Gasteiger partial charge is 0.497 e. The summed E-state index contributed by atoms with van der Waals surface area (Å²) in [5.74, 6) is 0.900. The first-order chi connectivity index (χ1) is 8.74. The second kappa shape index (κ2) is 6.36. The van der Waals surface area contributed by atoms with Gasteiger partial charge in [0.25, 0.3) is 0 Å². The molecule has 0 fully saturated rings. The van der Waals surface area contributed by atoms with Gasteiger partial charge in [-0.15, -0.1) is 11.3 Å². The fraction of sp³-hybridized carbons (Fsp3) is 0.286. The summed E-state index contributed by atoms with van der Waals surface area (Å²) >= 11 is 5.37. The zero-order valence-corrected chi connectivity index (χ0v) is 12.8. The minimum Gasteiger partial charge on any atom is -0.497 e. The second-order valence-corrected chi connectivity index (χ2v) is 5.83. The maximum atomic E-state index is 5.17. The fourth-order valence-corrected chi connectivity index (χ4v) is 3.64. The molecule has 0 amide bonds. The second-order valence-electron chi connectivity index (χ2n) is 4.03. The van der Waals surface area contributed by atoms with E-state index in [1.54, 1.807) is 18.4 Å². The van der Waals surface area contributed by atoms with Gasteiger partial charge in [-0.25, -0.2) is 0 Å². The first-order valence-corrected chi connectivity index (χ1v) is 7.45. The number of hydrogen-bond donors (Lipinski definition) is 1. The lowest BCUT2D eigenvalue weighted by Crippen LogP contribution is -2.18. The highest BCUT2D eigenvalue weighted by Crippen LogP contribution is 2.31. The molecule has 0 aliphatic carbocycles. The van der Waals surface area contributed by atoms with Crippen molar-refractivity contribution in [3.8, 4) is 5.75 Å². The Hall–Kier alpha value is -0.840. The van der Waals surface area contributed by atoms with Gasteiger partial charge in [-0.3, -0.25) is 0 Å². The van der Waals surface area contributed by atoms with Gasteiger partial charge in [-0.1, -0.05) is 12.1 Å². The molecular weight excluding hydrogens is 310 g/mol. The number of rotatable bonds is 5. The molecule has 4 heteroatoms. The smallest absolute Gasteiger partial charge is 0.118 e. The number of methoxy groups -OCH3 is 1. The molecule has 0 radical (unpaired) electrons. The van der Waals surface area contributed by atoms with Crippen molar-refractivity contribution >= 4 is 27.3 Å². The highest BCUT2D eigenvalue weighted by atomic mass is 79.9. The number of thiophene rings is 1. The van der Waals surface area contributed by atoms with Crippen molar-refractivity contribution in [2.24, 2.45) is 0 Å². The predicted molar refractivity (Wildman–Crippen MR) is 80.5 cm³/mol. The monoisotopic (exact) mass is 325 g/mol. The Bertz CT molecular complexity index is 495. The molecule has 18 heavy (non-hydrogen) atoms. The van der Waals surface area contributed by atoms with E-state index in [0.29, 0.717) is 6.04 Å². The number of benzene rings is 1. The molecule has 2 aromatic rings. The van der Waals surface area contributed by atoms with Crippen LogP contribution in [-0.4, -0.2) is 14.2 Å². The summed E-state index contributed by atoms with van der Waals surface area (Å²) < 4.78 is 6.35. The molecule has 1 N–H and O–H groups in total. The van der Waals surface area contributed by atoms with Crippen molar-refractivity contribution in [3.63, 3.8) is 0 Å². The molecule has 2 nitrogen and oxygen atoms in total. The SMILES string of the molecule is CNC(Cc1ccc(OC)cc1)c1sccc1Br. The third kappa shape index (κ3) is 3.13. The van der Waals surface area contributed by atoms with Gasteiger partial charge in [0.1, 0.15) is 5.75 Å². The zero-order chi connectivity index (χ0) is 13.0. The van der Waals surface area contributed by atoms with E-state index in [1.807, 2.05) is 19.2 Å². The van der Waals surface area contributed by atoms with Crippen LogP contribution in [-0.2, 0) is 6.42 Å². The summed E-state index contributed by atoms with van der Waals surface area (Å²) in [5, 5.41) is 5.48. The van der Waals surface area contributed by atoms with Gasteiger partial charge in [-0.2, -0.15) is 0 Å². The molecule has 0 spiro atoms. The van der Waals surface area contributed by atoms with Crippen LogP contribution in [0.4, 0.5) is 0 Å². The molecule has 1 heterocycles. The van der Waals surface area contributed by atoms with E-state index in [0.717, 1.165) is 12.2 Å². The van der Waals surface area contributed by atoms with Crippen LogP contribution in [0.15, 0.2) is 40.2 Å². The molecule has 96 valence electrons. The summed E-state index contributed by atoms with van der Waals surface area (Å²) in [6, 6.07) is 10.7. The standard InChI is InChI=1S/C14H16BrNOS/c1-16-13(14-12(15)7-8-18-14)9-10-3-5-11(17-2)6-4-10/h3-8,13,16H,9H2,1-2H3. The van der Waals surface area contributed by atoms with Crippen LogP contribution in [0.2, 0.25) is 0 Å². The number of nitrogens with one attached hydrogen (secondary N) is 1. The third-order valence-corrected chi connectivity index (χ3v) is 4.89. The van der Waals surface area contributed by atoms with Crippen LogP contribution in [0, 0.1) is 0 Å². The average molecular weight is 326 g/mol. The van der Waals surface area contributed by atoms with Crippen molar-refractivity contribution < 1.29 is 4.74 Å². The third-order valence-electron chi connectivity index (χ3n) is 2.91. The Morgan fingerprint density at radius 3 is 2.50 bits per heavy atom. The van der Waals surface area contributed by atoms with Crippen LogP contribution < -0.4 is 10.1 Å². The number of halogens is 1. The van der Waals surface area contributed by atoms with Gasteiger partial charge >= 0.3 is 0 Å². The van der Waals surface area contributed by atoms with E-state index in [-0.39, 0.29) is 0 Å². The lowest BCUT2D eigenvalue weighted by Gasteiger charge is -2.15. The van der Waals surface area contributed by atoms with E-state index in [9.17, 15) is 0 Å². The Kier molecular flexibility index (Phi) is 4.80. The zero-order valence-electron chi connectivity index (χ0n) is 10.4. The van der Waals surface area contributed by atoms with Crippen molar-refractivity contribution in [2.45, 2.75) is 12.5 Å². The van der Waals surface area contributed by atoms with Crippen molar-refractivity contribution in [3.05, 3.63) is 50.6 Å². The first-order valence-electron chi connectivity index (χ1n) is 5.77. The van der Waals surface area contributed by atoms with Crippen LogP contribution >= 0.6 is 27.3 Å². The van der Waals surface area contributed by atoms with Crippen molar-refractivity contribution in [2.75, 3.05) is 14.2 Å². The Morgan fingerprint density at radius 2 is 2.00 bits per heavy atom. The Balaban J connectivity index is 2.13. The van der Waals surface area contributed by atoms with Gasteiger partial charge in [0.05, 0.1) is 7.11 Å². The normalized spacial score (nSPS) is 12.4. The summed E-state index contributed by atoms with van der Waals surface area (Å²) in [4.78, 5) is 1.34. The summed E-state index contributed by atoms with van der Waals surface area (Å²) in [7, 11) is 3.69. The predicted octanol–water partition coefficient (Wildman–Crippen LogP) is 4.02. The molecule has 0 saturated carbocycles. The van der Waals surface area contributed by atoms with E-state index in [2.05, 4.69) is 44.8 Å². The lowest BCUT2D eigenvalue weighted by atomic mass is 10.0. The maximum Gasteiger partial charge on any atom is 0.118 e. The molecule has 1 atom stereocenters. The number of ether oxygens (including phenoxy) is 1. The van der Waals surface area contributed by atoms with E-state index in [1.165, 1.54) is 14.9 Å². The first kappa shape index (κ1) is 13.6. The molecule has 0 aliphatic heterocycles. The molecule has 1 aromatic heterocycles. The Labute approximate surface area is 120 Å².